The summed E-state index contributed by atoms with van der Waals surface area (Å²) in [5, 5.41) is 11.8. The molecule has 5 heteroatoms. The minimum atomic E-state index is -0.908. The summed E-state index contributed by atoms with van der Waals surface area (Å²) >= 11 is 0. The Morgan fingerprint density at radius 1 is 1.41 bits per heavy atom. The van der Waals surface area contributed by atoms with Crippen molar-refractivity contribution in [1.82, 2.24) is 0 Å². The van der Waals surface area contributed by atoms with Crippen LogP contribution in [0.1, 0.15) is 12.8 Å². The van der Waals surface area contributed by atoms with Crippen molar-refractivity contribution in [2.45, 2.75) is 25.0 Å². The van der Waals surface area contributed by atoms with E-state index in [-0.39, 0.29) is 11.9 Å². The molecule has 1 aliphatic rings. The highest BCUT2D eigenvalue weighted by molar-refractivity contribution is 5.72. The van der Waals surface area contributed by atoms with Gasteiger partial charge in [0.05, 0.1) is 6.10 Å². The Bertz CT molecular complexity index is 393. The van der Waals surface area contributed by atoms with Gasteiger partial charge in [-0.2, -0.15) is 0 Å². The number of anilines is 1. The molecule has 0 radical (unpaired) electrons. The molecule has 0 spiro atoms. The van der Waals surface area contributed by atoms with Crippen LogP contribution in [-0.4, -0.2) is 29.8 Å². The van der Waals surface area contributed by atoms with Gasteiger partial charge < -0.3 is 15.2 Å². The lowest BCUT2D eigenvalue weighted by Gasteiger charge is -2.13. The van der Waals surface area contributed by atoms with E-state index in [1.165, 1.54) is 12.1 Å². The summed E-state index contributed by atoms with van der Waals surface area (Å²) in [6.07, 6.45) is 0.493. The first kappa shape index (κ1) is 11.9. The van der Waals surface area contributed by atoms with Crippen molar-refractivity contribution in [2.75, 3.05) is 11.9 Å². The Morgan fingerprint density at radius 3 is 2.71 bits per heavy atom. The number of carbonyl (C=O) groups is 1. The van der Waals surface area contributed by atoms with Gasteiger partial charge >= 0.3 is 5.97 Å². The maximum absolute atomic E-state index is 12.7. The molecular formula is C12H14FNO3. The molecule has 0 aliphatic carbocycles. The van der Waals surface area contributed by atoms with Crippen LogP contribution < -0.4 is 5.32 Å². The molecule has 1 aliphatic heterocycles. The zero-order valence-corrected chi connectivity index (χ0v) is 9.23. The number of benzene rings is 1. The highest BCUT2D eigenvalue weighted by Crippen LogP contribution is 2.20. The van der Waals surface area contributed by atoms with Gasteiger partial charge in [-0.3, -0.25) is 0 Å². The fraction of sp³-hybridized carbons (Fsp3) is 0.417. The van der Waals surface area contributed by atoms with E-state index in [9.17, 15) is 9.18 Å². The number of hydrogen-bond donors (Lipinski definition) is 2. The summed E-state index contributed by atoms with van der Waals surface area (Å²) in [4.78, 5) is 10.7. The molecule has 17 heavy (non-hydrogen) atoms. The first-order valence-electron chi connectivity index (χ1n) is 5.53. The lowest BCUT2D eigenvalue weighted by molar-refractivity contribution is -0.149. The van der Waals surface area contributed by atoms with E-state index in [0.717, 1.165) is 12.1 Å². The maximum atomic E-state index is 12.7. The third-order valence-corrected chi connectivity index (χ3v) is 2.76. The Balaban J connectivity index is 1.80. The Kier molecular flexibility index (Phi) is 3.58. The largest absolute Gasteiger partial charge is 0.479 e. The normalized spacial score (nSPS) is 23.6. The lowest BCUT2D eigenvalue weighted by atomic mass is 10.2. The summed E-state index contributed by atoms with van der Waals surface area (Å²) in [5.74, 6) is -1.19. The van der Waals surface area contributed by atoms with E-state index in [0.29, 0.717) is 13.0 Å². The lowest BCUT2D eigenvalue weighted by Crippen LogP contribution is -2.24. The molecule has 0 amide bonds. The van der Waals surface area contributed by atoms with Gasteiger partial charge in [-0.1, -0.05) is 0 Å². The predicted octanol–water partition coefficient (Wildman–Crippen LogP) is 1.87. The highest BCUT2D eigenvalue weighted by atomic mass is 19.1. The van der Waals surface area contributed by atoms with E-state index in [2.05, 4.69) is 5.32 Å². The van der Waals surface area contributed by atoms with Crippen LogP contribution in [0.5, 0.6) is 0 Å². The summed E-state index contributed by atoms with van der Waals surface area (Å²) in [5.41, 5.74) is 0.800. The van der Waals surface area contributed by atoms with Gasteiger partial charge in [0.15, 0.2) is 6.10 Å². The smallest absolute Gasteiger partial charge is 0.332 e. The van der Waals surface area contributed by atoms with Gasteiger partial charge in [0.1, 0.15) is 5.82 Å². The molecule has 2 unspecified atom stereocenters. The number of carboxylic acids is 1. The van der Waals surface area contributed by atoms with Crippen LogP contribution in [0.3, 0.4) is 0 Å². The van der Waals surface area contributed by atoms with Crippen molar-refractivity contribution in [1.29, 1.82) is 0 Å². The molecule has 92 valence electrons. The van der Waals surface area contributed by atoms with Crippen molar-refractivity contribution < 1.29 is 19.0 Å². The van der Waals surface area contributed by atoms with Crippen LogP contribution in [0.15, 0.2) is 24.3 Å². The van der Waals surface area contributed by atoms with Crippen molar-refractivity contribution in [3.05, 3.63) is 30.1 Å². The van der Waals surface area contributed by atoms with Crippen LogP contribution in [0.25, 0.3) is 0 Å². The number of aliphatic carboxylic acids is 1. The molecule has 2 rings (SSSR count). The van der Waals surface area contributed by atoms with Gasteiger partial charge in [-0.15, -0.1) is 0 Å². The number of carboxylic acid groups (broad SMARTS) is 1. The number of ether oxygens (including phenoxy) is 1. The van der Waals surface area contributed by atoms with E-state index in [1.54, 1.807) is 12.1 Å². The number of halogens is 1. The van der Waals surface area contributed by atoms with Crippen molar-refractivity contribution in [3.63, 3.8) is 0 Å². The molecule has 0 aromatic heterocycles. The Morgan fingerprint density at radius 2 is 2.12 bits per heavy atom. The van der Waals surface area contributed by atoms with Gasteiger partial charge in [0.25, 0.3) is 0 Å². The second-order valence-electron chi connectivity index (χ2n) is 4.05. The Labute approximate surface area is 98.4 Å². The van der Waals surface area contributed by atoms with E-state index < -0.39 is 12.1 Å². The first-order valence-corrected chi connectivity index (χ1v) is 5.53. The molecule has 0 saturated carbocycles. The van der Waals surface area contributed by atoms with Crippen molar-refractivity contribution in [2.24, 2.45) is 0 Å². The standard InChI is InChI=1S/C12H14FNO3/c13-8-1-3-9(4-2-8)14-7-10-5-6-11(17-10)12(15)16/h1-4,10-11,14H,5-7H2,(H,15,16). The molecule has 0 bridgehead atoms. The fourth-order valence-electron chi connectivity index (χ4n) is 1.84. The fourth-order valence-corrected chi connectivity index (χ4v) is 1.84. The molecule has 1 fully saturated rings. The maximum Gasteiger partial charge on any atom is 0.332 e. The second-order valence-corrected chi connectivity index (χ2v) is 4.05. The zero-order chi connectivity index (χ0) is 12.3. The average Bonchev–Trinajstić information content (AvgIpc) is 2.77. The van der Waals surface area contributed by atoms with Gasteiger partial charge in [0.2, 0.25) is 0 Å². The molecule has 1 saturated heterocycles. The Hall–Kier alpha value is -1.62. The average molecular weight is 239 g/mol. The van der Waals surface area contributed by atoms with E-state index in [1.807, 2.05) is 0 Å². The summed E-state index contributed by atoms with van der Waals surface area (Å²) in [6, 6.07) is 6.02. The SMILES string of the molecule is O=C(O)C1CCC(CNc2ccc(F)cc2)O1. The summed E-state index contributed by atoms with van der Waals surface area (Å²) in [6.45, 7) is 0.537. The van der Waals surface area contributed by atoms with Crippen molar-refractivity contribution >= 4 is 11.7 Å². The minimum Gasteiger partial charge on any atom is -0.479 e. The van der Waals surface area contributed by atoms with Gasteiger partial charge in [-0.25, -0.2) is 9.18 Å². The minimum absolute atomic E-state index is 0.0962. The number of rotatable bonds is 4. The third-order valence-electron chi connectivity index (χ3n) is 2.76. The molecule has 1 heterocycles. The highest BCUT2D eigenvalue weighted by Gasteiger charge is 2.29. The summed E-state index contributed by atoms with van der Waals surface area (Å²) < 4.78 is 18.0. The van der Waals surface area contributed by atoms with Crippen LogP contribution in [0.2, 0.25) is 0 Å². The number of hydrogen-bond acceptors (Lipinski definition) is 3. The first-order chi connectivity index (χ1) is 8.15. The number of nitrogens with one attached hydrogen (secondary N) is 1. The van der Waals surface area contributed by atoms with Gasteiger partial charge in [0, 0.05) is 12.2 Å². The molecule has 2 N–H and O–H groups in total. The molecule has 1 aromatic carbocycles. The van der Waals surface area contributed by atoms with E-state index in [4.69, 9.17) is 9.84 Å². The van der Waals surface area contributed by atoms with Crippen LogP contribution >= 0.6 is 0 Å². The van der Waals surface area contributed by atoms with E-state index >= 15 is 0 Å². The third kappa shape index (κ3) is 3.17. The predicted molar refractivity (Wildman–Crippen MR) is 60.4 cm³/mol. The van der Waals surface area contributed by atoms with Crippen LogP contribution in [-0.2, 0) is 9.53 Å². The second kappa shape index (κ2) is 5.14. The quantitative estimate of drug-likeness (QED) is 0.842. The topological polar surface area (TPSA) is 58.6 Å². The molecular weight excluding hydrogens is 225 g/mol. The molecule has 4 nitrogen and oxygen atoms in total. The van der Waals surface area contributed by atoms with Gasteiger partial charge in [-0.05, 0) is 37.1 Å². The zero-order valence-electron chi connectivity index (χ0n) is 9.23. The van der Waals surface area contributed by atoms with Crippen molar-refractivity contribution in [3.8, 4) is 0 Å². The van der Waals surface area contributed by atoms with Crippen LogP contribution in [0, 0.1) is 5.82 Å². The van der Waals surface area contributed by atoms with Crippen LogP contribution in [0.4, 0.5) is 10.1 Å². The summed E-state index contributed by atoms with van der Waals surface area (Å²) in [7, 11) is 0. The molecule has 1 aromatic rings. The molecule has 2 atom stereocenters. The monoisotopic (exact) mass is 239 g/mol.